The Morgan fingerprint density at radius 1 is 1.35 bits per heavy atom. The zero-order chi connectivity index (χ0) is 13.9. The lowest BCUT2D eigenvalue weighted by Gasteiger charge is -2.19. The van der Waals surface area contributed by atoms with Crippen molar-refractivity contribution < 1.29 is 4.42 Å². The van der Waals surface area contributed by atoms with Gasteiger partial charge in [0.1, 0.15) is 11.3 Å². The third-order valence-electron chi connectivity index (χ3n) is 3.88. The van der Waals surface area contributed by atoms with Crippen molar-refractivity contribution in [3.63, 3.8) is 0 Å². The summed E-state index contributed by atoms with van der Waals surface area (Å²) in [6.45, 7) is 3.01. The van der Waals surface area contributed by atoms with Crippen LogP contribution in [0.1, 0.15) is 24.2 Å². The van der Waals surface area contributed by atoms with Gasteiger partial charge in [0.15, 0.2) is 0 Å². The molecule has 0 spiro atoms. The van der Waals surface area contributed by atoms with Crippen LogP contribution in [0.25, 0.3) is 11.0 Å². The number of para-hydroxylation sites is 1. The Balaban J connectivity index is 1.89. The first-order valence-electron chi connectivity index (χ1n) is 7.17. The monoisotopic (exact) mass is 268 g/mol. The van der Waals surface area contributed by atoms with Crippen molar-refractivity contribution >= 4 is 11.0 Å². The van der Waals surface area contributed by atoms with Crippen LogP contribution < -0.4 is 5.73 Å². The summed E-state index contributed by atoms with van der Waals surface area (Å²) in [6.07, 6.45) is 8.16. The molecule has 1 aliphatic carbocycles. The van der Waals surface area contributed by atoms with E-state index in [1.807, 2.05) is 18.2 Å². The van der Waals surface area contributed by atoms with Gasteiger partial charge in [-0.05, 0) is 24.8 Å². The lowest BCUT2D eigenvalue weighted by atomic mass is 10.1. The van der Waals surface area contributed by atoms with Gasteiger partial charge in [0.25, 0.3) is 0 Å². The Bertz CT molecular complexity index is 634. The van der Waals surface area contributed by atoms with Gasteiger partial charge >= 0.3 is 0 Å². The van der Waals surface area contributed by atoms with E-state index in [2.05, 4.69) is 16.9 Å². The van der Waals surface area contributed by atoms with E-state index in [-0.39, 0.29) is 0 Å². The second-order valence-electron chi connectivity index (χ2n) is 5.52. The molecule has 0 atom stereocenters. The van der Waals surface area contributed by atoms with Crippen molar-refractivity contribution in [2.24, 2.45) is 11.7 Å². The number of hydrogen-bond acceptors (Lipinski definition) is 3. The van der Waals surface area contributed by atoms with Crippen LogP contribution in [-0.4, -0.2) is 18.0 Å². The van der Waals surface area contributed by atoms with Gasteiger partial charge in [-0.1, -0.05) is 24.1 Å². The van der Waals surface area contributed by atoms with E-state index in [9.17, 15) is 0 Å². The van der Waals surface area contributed by atoms with E-state index < -0.39 is 0 Å². The fourth-order valence-corrected chi connectivity index (χ4v) is 2.69. The number of terminal acetylenes is 1. The predicted molar refractivity (Wildman–Crippen MR) is 80.9 cm³/mol. The smallest absolute Gasteiger partial charge is 0.134 e. The van der Waals surface area contributed by atoms with Crippen LogP contribution in [0.4, 0.5) is 0 Å². The van der Waals surface area contributed by atoms with E-state index in [0.29, 0.717) is 13.1 Å². The topological polar surface area (TPSA) is 42.4 Å². The van der Waals surface area contributed by atoms with Gasteiger partial charge in [-0.2, -0.15) is 0 Å². The molecule has 0 saturated heterocycles. The Hall–Kier alpha value is -1.76. The molecule has 104 valence electrons. The van der Waals surface area contributed by atoms with Crippen molar-refractivity contribution in [3.8, 4) is 12.3 Å². The van der Waals surface area contributed by atoms with Crippen molar-refractivity contribution in [1.29, 1.82) is 0 Å². The van der Waals surface area contributed by atoms with Crippen molar-refractivity contribution in [1.82, 2.24) is 4.90 Å². The largest absolute Gasteiger partial charge is 0.459 e. The minimum absolute atomic E-state index is 0.428. The van der Waals surface area contributed by atoms with E-state index in [1.165, 1.54) is 18.4 Å². The van der Waals surface area contributed by atoms with Crippen LogP contribution in [-0.2, 0) is 13.1 Å². The number of furan rings is 1. The molecule has 1 aliphatic rings. The SMILES string of the molecule is C#CCN(Cc1c(CN)oc2ccccc12)CC1CC1. The Labute approximate surface area is 119 Å². The Morgan fingerprint density at radius 3 is 2.85 bits per heavy atom. The van der Waals surface area contributed by atoms with E-state index in [4.69, 9.17) is 16.6 Å². The molecule has 1 saturated carbocycles. The zero-order valence-electron chi connectivity index (χ0n) is 11.6. The normalized spacial score (nSPS) is 14.8. The standard InChI is InChI=1S/C17H20N2O/c1-2-9-19(11-13-7-8-13)12-15-14-5-3-4-6-16(14)20-17(15)10-18/h1,3-6,13H,7-12,18H2. The molecule has 2 N–H and O–H groups in total. The first-order chi connectivity index (χ1) is 9.81. The van der Waals surface area contributed by atoms with Crippen LogP contribution in [0.2, 0.25) is 0 Å². The van der Waals surface area contributed by atoms with E-state index in [0.717, 1.165) is 35.7 Å². The third-order valence-corrected chi connectivity index (χ3v) is 3.88. The van der Waals surface area contributed by atoms with Crippen LogP contribution in [0.3, 0.4) is 0 Å². The number of nitrogens with zero attached hydrogens (tertiary/aromatic N) is 1. The maximum atomic E-state index is 5.84. The fraction of sp³-hybridized carbons (Fsp3) is 0.412. The zero-order valence-corrected chi connectivity index (χ0v) is 11.6. The number of rotatable bonds is 6. The van der Waals surface area contributed by atoms with Gasteiger partial charge < -0.3 is 10.2 Å². The van der Waals surface area contributed by atoms with Crippen LogP contribution in [0.15, 0.2) is 28.7 Å². The summed E-state index contributed by atoms with van der Waals surface area (Å²) in [5.74, 6) is 4.46. The van der Waals surface area contributed by atoms with Crippen molar-refractivity contribution in [2.75, 3.05) is 13.1 Å². The van der Waals surface area contributed by atoms with E-state index in [1.54, 1.807) is 0 Å². The molecule has 0 aliphatic heterocycles. The molecule has 20 heavy (non-hydrogen) atoms. The van der Waals surface area contributed by atoms with Gasteiger partial charge in [-0.3, -0.25) is 4.90 Å². The summed E-state index contributed by atoms with van der Waals surface area (Å²) in [6, 6.07) is 8.11. The summed E-state index contributed by atoms with van der Waals surface area (Å²) in [5, 5.41) is 1.16. The van der Waals surface area contributed by atoms with Gasteiger partial charge in [-0.15, -0.1) is 6.42 Å². The number of nitrogens with two attached hydrogens (primary N) is 1. The fourth-order valence-electron chi connectivity index (χ4n) is 2.69. The van der Waals surface area contributed by atoms with Crippen LogP contribution >= 0.6 is 0 Å². The molecule has 1 heterocycles. The van der Waals surface area contributed by atoms with Crippen LogP contribution in [0, 0.1) is 18.3 Å². The average Bonchev–Trinajstić information content (AvgIpc) is 3.20. The maximum Gasteiger partial charge on any atom is 0.134 e. The molecule has 1 aromatic heterocycles. The molecule has 3 heteroatoms. The highest BCUT2D eigenvalue weighted by Gasteiger charge is 2.25. The van der Waals surface area contributed by atoms with Crippen molar-refractivity contribution in [2.45, 2.75) is 25.9 Å². The third kappa shape index (κ3) is 2.72. The first kappa shape index (κ1) is 13.2. The molecule has 1 aromatic carbocycles. The lowest BCUT2D eigenvalue weighted by molar-refractivity contribution is 0.285. The molecule has 2 aromatic rings. The number of hydrogen-bond donors (Lipinski definition) is 1. The van der Waals surface area contributed by atoms with Gasteiger partial charge in [0, 0.05) is 24.0 Å². The summed E-state index contributed by atoms with van der Waals surface area (Å²) in [7, 11) is 0. The summed E-state index contributed by atoms with van der Waals surface area (Å²) in [4.78, 5) is 2.33. The maximum absolute atomic E-state index is 5.84. The molecular weight excluding hydrogens is 248 g/mol. The predicted octanol–water partition coefficient (Wildman–Crippen LogP) is 2.74. The highest BCUT2D eigenvalue weighted by molar-refractivity contribution is 5.82. The Morgan fingerprint density at radius 2 is 2.15 bits per heavy atom. The van der Waals surface area contributed by atoms with E-state index >= 15 is 0 Å². The molecule has 0 radical (unpaired) electrons. The molecule has 3 nitrogen and oxygen atoms in total. The molecule has 0 bridgehead atoms. The van der Waals surface area contributed by atoms with Gasteiger partial charge in [0.05, 0.1) is 13.1 Å². The lowest BCUT2D eigenvalue weighted by Crippen LogP contribution is -2.26. The van der Waals surface area contributed by atoms with Crippen molar-refractivity contribution in [3.05, 3.63) is 35.6 Å². The highest BCUT2D eigenvalue weighted by Crippen LogP contribution is 2.32. The molecular formula is C17H20N2O. The number of benzene rings is 1. The molecule has 0 amide bonds. The first-order valence-corrected chi connectivity index (χ1v) is 7.17. The molecule has 1 fully saturated rings. The quantitative estimate of drug-likeness (QED) is 0.819. The highest BCUT2D eigenvalue weighted by atomic mass is 16.3. The Kier molecular flexibility index (Phi) is 3.77. The average molecular weight is 268 g/mol. The molecule has 3 rings (SSSR count). The summed E-state index contributed by atoms with van der Waals surface area (Å²) < 4.78 is 5.84. The van der Waals surface area contributed by atoms with Crippen LogP contribution in [0.5, 0.6) is 0 Å². The molecule has 0 unspecified atom stereocenters. The number of fused-ring (bicyclic) bond motifs is 1. The second-order valence-corrected chi connectivity index (χ2v) is 5.52. The van der Waals surface area contributed by atoms with Gasteiger partial charge in [0.2, 0.25) is 0 Å². The van der Waals surface area contributed by atoms with Gasteiger partial charge in [-0.25, -0.2) is 0 Å². The minimum atomic E-state index is 0.428. The minimum Gasteiger partial charge on any atom is -0.459 e. The second kappa shape index (κ2) is 5.70. The summed E-state index contributed by atoms with van der Waals surface area (Å²) >= 11 is 0. The summed E-state index contributed by atoms with van der Waals surface area (Å²) in [5.41, 5.74) is 7.93.